The van der Waals surface area contributed by atoms with Gasteiger partial charge in [0.05, 0.1) is 5.52 Å². The van der Waals surface area contributed by atoms with Gasteiger partial charge in [-0.15, -0.1) is 10.2 Å². The van der Waals surface area contributed by atoms with Gasteiger partial charge in [0.15, 0.2) is 17.3 Å². The third-order valence-electron chi connectivity index (χ3n) is 4.30. The predicted octanol–water partition coefficient (Wildman–Crippen LogP) is 3.31. The SMILES string of the molecule is CC(=O)c1ccc2nnc([C@H](C)c3c(F)cc4ncccc4c3F)n2n1. The average Bonchev–Trinajstić information content (AvgIpc) is 3.04. The van der Waals surface area contributed by atoms with Crippen molar-refractivity contribution in [3.8, 4) is 0 Å². The summed E-state index contributed by atoms with van der Waals surface area (Å²) in [5, 5.41) is 12.4. The number of hydrogen-bond donors (Lipinski definition) is 0. The summed E-state index contributed by atoms with van der Waals surface area (Å²) in [4.78, 5) is 15.6. The number of aromatic nitrogens is 5. The molecule has 3 aromatic heterocycles. The molecule has 3 heterocycles. The number of ketones is 1. The van der Waals surface area contributed by atoms with Gasteiger partial charge in [0, 0.05) is 36.1 Å². The van der Waals surface area contributed by atoms with Crippen LogP contribution in [0.2, 0.25) is 0 Å². The van der Waals surface area contributed by atoms with Crippen molar-refractivity contribution in [2.24, 2.45) is 0 Å². The van der Waals surface area contributed by atoms with E-state index in [1.54, 1.807) is 25.1 Å². The van der Waals surface area contributed by atoms with E-state index in [1.165, 1.54) is 29.8 Å². The van der Waals surface area contributed by atoms with Gasteiger partial charge in [0.25, 0.3) is 0 Å². The molecule has 0 amide bonds. The largest absolute Gasteiger partial charge is 0.293 e. The summed E-state index contributed by atoms with van der Waals surface area (Å²) in [7, 11) is 0. The van der Waals surface area contributed by atoms with Gasteiger partial charge in [-0.1, -0.05) is 6.92 Å². The average molecular weight is 353 g/mol. The molecule has 0 spiro atoms. The van der Waals surface area contributed by atoms with Crippen LogP contribution in [0.15, 0.2) is 36.5 Å². The van der Waals surface area contributed by atoms with Gasteiger partial charge in [-0.3, -0.25) is 9.78 Å². The van der Waals surface area contributed by atoms with Crippen LogP contribution in [0, 0.1) is 11.6 Å². The lowest BCUT2D eigenvalue weighted by Crippen LogP contribution is -2.11. The first-order chi connectivity index (χ1) is 12.5. The van der Waals surface area contributed by atoms with Crippen LogP contribution in [-0.4, -0.2) is 30.6 Å². The van der Waals surface area contributed by atoms with Crippen LogP contribution in [0.4, 0.5) is 8.78 Å². The van der Waals surface area contributed by atoms with Crippen molar-refractivity contribution in [1.82, 2.24) is 24.8 Å². The van der Waals surface area contributed by atoms with E-state index in [0.29, 0.717) is 5.65 Å². The molecular weight excluding hydrogens is 340 g/mol. The van der Waals surface area contributed by atoms with Crippen molar-refractivity contribution in [2.75, 3.05) is 0 Å². The number of hydrogen-bond acceptors (Lipinski definition) is 5. The maximum Gasteiger partial charge on any atom is 0.179 e. The highest BCUT2D eigenvalue weighted by Crippen LogP contribution is 2.31. The molecule has 0 unspecified atom stereocenters. The van der Waals surface area contributed by atoms with Crippen molar-refractivity contribution in [2.45, 2.75) is 19.8 Å². The fourth-order valence-corrected chi connectivity index (χ4v) is 2.96. The molecule has 0 radical (unpaired) electrons. The molecular formula is C18H13F2N5O. The summed E-state index contributed by atoms with van der Waals surface area (Å²) in [6.07, 6.45) is 1.48. The molecule has 0 aliphatic rings. The molecule has 1 aromatic carbocycles. The zero-order valence-electron chi connectivity index (χ0n) is 13.9. The maximum absolute atomic E-state index is 15.0. The molecule has 0 saturated heterocycles. The van der Waals surface area contributed by atoms with E-state index in [9.17, 15) is 13.6 Å². The number of carbonyl (C=O) groups is 1. The molecule has 130 valence electrons. The zero-order valence-corrected chi connectivity index (χ0v) is 13.9. The number of rotatable bonds is 3. The van der Waals surface area contributed by atoms with Crippen molar-refractivity contribution >= 4 is 22.3 Å². The number of fused-ring (bicyclic) bond motifs is 2. The van der Waals surface area contributed by atoms with Crippen LogP contribution in [0.3, 0.4) is 0 Å². The second kappa shape index (κ2) is 5.91. The van der Waals surface area contributed by atoms with E-state index in [-0.39, 0.29) is 33.8 Å². The summed E-state index contributed by atoms with van der Waals surface area (Å²) in [6.45, 7) is 3.00. The Balaban J connectivity index is 1.92. The van der Waals surface area contributed by atoms with Crippen molar-refractivity contribution in [3.63, 3.8) is 0 Å². The van der Waals surface area contributed by atoms with Crippen molar-refractivity contribution in [3.05, 3.63) is 65.2 Å². The van der Waals surface area contributed by atoms with E-state index in [1.807, 2.05) is 0 Å². The Kier molecular flexibility index (Phi) is 3.68. The quantitative estimate of drug-likeness (QED) is 0.528. The Morgan fingerprint density at radius 2 is 2.00 bits per heavy atom. The molecule has 0 aliphatic heterocycles. The second-order valence-corrected chi connectivity index (χ2v) is 5.98. The minimum absolute atomic E-state index is 0.144. The Morgan fingerprint density at radius 1 is 1.19 bits per heavy atom. The van der Waals surface area contributed by atoms with Gasteiger partial charge in [-0.25, -0.2) is 8.78 Å². The lowest BCUT2D eigenvalue weighted by atomic mass is 9.97. The number of nitrogens with zero attached hydrogens (tertiary/aromatic N) is 5. The molecule has 4 aromatic rings. The Morgan fingerprint density at radius 3 is 2.77 bits per heavy atom. The van der Waals surface area contributed by atoms with Gasteiger partial charge in [-0.05, 0) is 24.3 Å². The summed E-state index contributed by atoms with van der Waals surface area (Å²) in [5.74, 6) is -2.18. The highest BCUT2D eigenvalue weighted by molar-refractivity contribution is 5.92. The Hall–Kier alpha value is -3.29. The van der Waals surface area contributed by atoms with E-state index in [2.05, 4.69) is 20.3 Å². The molecule has 4 rings (SSSR count). The normalized spacial score (nSPS) is 12.6. The number of pyridine rings is 1. The lowest BCUT2D eigenvalue weighted by molar-refractivity contribution is 0.101. The Labute approximate surface area is 146 Å². The highest BCUT2D eigenvalue weighted by atomic mass is 19.1. The molecule has 0 aliphatic carbocycles. The minimum Gasteiger partial charge on any atom is -0.293 e. The van der Waals surface area contributed by atoms with E-state index in [4.69, 9.17) is 0 Å². The summed E-state index contributed by atoms with van der Waals surface area (Å²) in [6, 6.07) is 7.45. The van der Waals surface area contributed by atoms with Crippen LogP contribution in [0.5, 0.6) is 0 Å². The predicted molar refractivity (Wildman–Crippen MR) is 90.0 cm³/mol. The van der Waals surface area contributed by atoms with Crippen LogP contribution in [0.1, 0.15) is 41.6 Å². The molecule has 0 N–H and O–H groups in total. The van der Waals surface area contributed by atoms with E-state index >= 15 is 0 Å². The first-order valence-electron chi connectivity index (χ1n) is 7.93. The molecule has 0 saturated carbocycles. The summed E-state index contributed by atoms with van der Waals surface area (Å²) < 4.78 is 30.9. The molecule has 26 heavy (non-hydrogen) atoms. The van der Waals surface area contributed by atoms with Crippen LogP contribution in [-0.2, 0) is 0 Å². The number of Topliss-reactive ketones (excluding diaryl/α,β-unsaturated/α-hetero) is 1. The molecule has 8 heteroatoms. The molecule has 6 nitrogen and oxygen atoms in total. The standard InChI is InChI=1S/C18H13F2N5O/c1-9(16-12(19)8-14-11(17(16)20)4-3-7-21-14)18-23-22-15-6-5-13(10(2)26)24-25(15)18/h3-9H,1-2H3/t9-/m1/s1. The van der Waals surface area contributed by atoms with Gasteiger partial charge in [-0.2, -0.15) is 9.61 Å². The van der Waals surface area contributed by atoms with Gasteiger partial charge in [0.1, 0.15) is 17.3 Å². The number of carbonyl (C=O) groups excluding carboxylic acids is 1. The third kappa shape index (κ3) is 2.42. The highest BCUT2D eigenvalue weighted by Gasteiger charge is 2.25. The lowest BCUT2D eigenvalue weighted by Gasteiger charge is -2.14. The Bertz CT molecular complexity index is 1170. The topological polar surface area (TPSA) is 73.0 Å². The zero-order chi connectivity index (χ0) is 18.4. The van der Waals surface area contributed by atoms with Crippen LogP contribution >= 0.6 is 0 Å². The third-order valence-corrected chi connectivity index (χ3v) is 4.30. The van der Waals surface area contributed by atoms with Crippen molar-refractivity contribution in [1.29, 1.82) is 0 Å². The fourth-order valence-electron chi connectivity index (χ4n) is 2.96. The molecule has 0 bridgehead atoms. The summed E-state index contributed by atoms with van der Waals surface area (Å²) >= 11 is 0. The maximum atomic E-state index is 15.0. The number of halogens is 2. The van der Waals surface area contributed by atoms with E-state index < -0.39 is 17.6 Å². The van der Waals surface area contributed by atoms with Gasteiger partial charge in [0.2, 0.25) is 0 Å². The second-order valence-electron chi connectivity index (χ2n) is 5.98. The number of benzene rings is 1. The molecule has 0 fully saturated rings. The fraction of sp³-hybridized carbons (Fsp3) is 0.167. The van der Waals surface area contributed by atoms with Gasteiger partial charge >= 0.3 is 0 Å². The first-order valence-corrected chi connectivity index (χ1v) is 7.93. The monoisotopic (exact) mass is 353 g/mol. The van der Waals surface area contributed by atoms with E-state index in [0.717, 1.165) is 0 Å². The molecule has 1 atom stereocenters. The van der Waals surface area contributed by atoms with Crippen LogP contribution in [0.25, 0.3) is 16.6 Å². The first kappa shape index (κ1) is 16.2. The smallest absolute Gasteiger partial charge is 0.179 e. The van der Waals surface area contributed by atoms with Crippen molar-refractivity contribution < 1.29 is 13.6 Å². The summed E-state index contributed by atoms with van der Waals surface area (Å²) in [5.41, 5.74) is 0.700. The van der Waals surface area contributed by atoms with Gasteiger partial charge < -0.3 is 0 Å². The van der Waals surface area contributed by atoms with Crippen LogP contribution < -0.4 is 0 Å². The minimum atomic E-state index is -0.774.